The van der Waals surface area contributed by atoms with Crippen molar-refractivity contribution < 1.29 is 5.11 Å². The van der Waals surface area contributed by atoms with E-state index in [1.54, 1.807) is 24.3 Å². The Kier molecular flexibility index (Phi) is 4.61. The predicted octanol–water partition coefficient (Wildman–Crippen LogP) is 3.47. The summed E-state index contributed by atoms with van der Waals surface area (Å²) in [6, 6.07) is 9.02. The van der Waals surface area contributed by atoms with Gasteiger partial charge in [0.1, 0.15) is 16.6 Å². The van der Waals surface area contributed by atoms with Crippen LogP contribution in [-0.2, 0) is 0 Å². The fraction of sp³-hybridized carbons (Fsp3) is 0.167. The first kappa shape index (κ1) is 14.1. The molecule has 0 aliphatic carbocycles. The SMILES string of the molecule is N#Cc1c(Cl)nsc1NCC(O)c1ccccc1Cl. The number of halogens is 2. The van der Waals surface area contributed by atoms with Gasteiger partial charge in [-0.3, -0.25) is 0 Å². The zero-order chi connectivity index (χ0) is 13.8. The summed E-state index contributed by atoms with van der Waals surface area (Å²) in [7, 11) is 0. The Morgan fingerprint density at radius 3 is 2.84 bits per heavy atom. The summed E-state index contributed by atoms with van der Waals surface area (Å²) in [4.78, 5) is 0. The number of aromatic nitrogens is 1. The summed E-state index contributed by atoms with van der Waals surface area (Å²) >= 11 is 12.8. The Balaban J connectivity index is 2.07. The van der Waals surface area contributed by atoms with E-state index < -0.39 is 6.10 Å². The van der Waals surface area contributed by atoms with Crippen molar-refractivity contribution in [2.45, 2.75) is 6.10 Å². The standard InChI is InChI=1S/C12H9Cl2N3OS/c13-9-4-2-1-3-7(9)10(18)6-16-12-8(5-15)11(14)17-19-12/h1-4,10,16,18H,6H2. The lowest BCUT2D eigenvalue weighted by Gasteiger charge is -2.13. The number of nitrogens with one attached hydrogen (secondary N) is 1. The number of aliphatic hydroxyl groups is 1. The number of hydrogen-bond acceptors (Lipinski definition) is 5. The van der Waals surface area contributed by atoms with Crippen molar-refractivity contribution in [2.75, 3.05) is 11.9 Å². The number of nitriles is 1. The summed E-state index contributed by atoms with van der Waals surface area (Å²) in [5.74, 6) is 0. The molecule has 1 aromatic carbocycles. The maximum Gasteiger partial charge on any atom is 0.162 e. The molecule has 0 saturated carbocycles. The van der Waals surface area contributed by atoms with E-state index in [9.17, 15) is 5.11 Å². The summed E-state index contributed by atoms with van der Waals surface area (Å²) in [6.07, 6.45) is -0.777. The van der Waals surface area contributed by atoms with Crippen molar-refractivity contribution in [3.05, 3.63) is 45.6 Å². The molecule has 0 amide bonds. The van der Waals surface area contributed by atoms with Gasteiger partial charge in [0.05, 0.1) is 6.10 Å². The molecule has 7 heteroatoms. The summed E-state index contributed by atoms with van der Waals surface area (Å²) in [6.45, 7) is 0.219. The van der Waals surface area contributed by atoms with Crippen molar-refractivity contribution in [1.29, 1.82) is 5.26 Å². The minimum atomic E-state index is -0.777. The molecule has 0 fully saturated rings. The number of nitrogens with zero attached hydrogens (tertiary/aromatic N) is 2. The van der Waals surface area contributed by atoms with Crippen LogP contribution in [0.2, 0.25) is 10.2 Å². The minimum Gasteiger partial charge on any atom is -0.387 e. The molecule has 0 aliphatic heterocycles. The smallest absolute Gasteiger partial charge is 0.162 e. The van der Waals surface area contributed by atoms with Crippen LogP contribution < -0.4 is 5.32 Å². The Morgan fingerprint density at radius 2 is 2.16 bits per heavy atom. The molecule has 0 spiro atoms. The first-order valence-corrected chi connectivity index (χ1v) is 6.88. The maximum absolute atomic E-state index is 10.1. The average Bonchev–Trinajstić information content (AvgIpc) is 2.77. The van der Waals surface area contributed by atoms with Crippen molar-refractivity contribution in [3.63, 3.8) is 0 Å². The van der Waals surface area contributed by atoms with Gasteiger partial charge >= 0.3 is 0 Å². The van der Waals surface area contributed by atoms with Crippen molar-refractivity contribution in [2.24, 2.45) is 0 Å². The molecule has 2 rings (SSSR count). The van der Waals surface area contributed by atoms with E-state index in [0.29, 0.717) is 15.6 Å². The highest BCUT2D eigenvalue weighted by Gasteiger charge is 2.15. The van der Waals surface area contributed by atoms with E-state index in [-0.39, 0.29) is 17.3 Å². The topological polar surface area (TPSA) is 68.9 Å². The van der Waals surface area contributed by atoms with Gasteiger partial charge in [0.15, 0.2) is 5.15 Å². The van der Waals surface area contributed by atoms with Crippen molar-refractivity contribution >= 4 is 39.7 Å². The van der Waals surface area contributed by atoms with Gasteiger partial charge in [-0.1, -0.05) is 41.4 Å². The average molecular weight is 314 g/mol. The first-order valence-electron chi connectivity index (χ1n) is 5.35. The molecule has 0 bridgehead atoms. The molecule has 4 nitrogen and oxygen atoms in total. The quantitative estimate of drug-likeness (QED) is 0.906. The third-order valence-corrected chi connectivity index (χ3v) is 4.01. The molecular weight excluding hydrogens is 305 g/mol. The zero-order valence-electron chi connectivity index (χ0n) is 9.60. The first-order chi connectivity index (χ1) is 9.13. The lowest BCUT2D eigenvalue weighted by molar-refractivity contribution is 0.192. The third-order valence-electron chi connectivity index (χ3n) is 2.48. The fourth-order valence-electron chi connectivity index (χ4n) is 1.53. The Morgan fingerprint density at radius 1 is 1.42 bits per heavy atom. The lowest BCUT2D eigenvalue weighted by atomic mass is 10.1. The highest BCUT2D eigenvalue weighted by molar-refractivity contribution is 7.10. The second-order valence-electron chi connectivity index (χ2n) is 3.71. The van der Waals surface area contributed by atoms with Crippen LogP contribution in [0.25, 0.3) is 0 Å². The second-order valence-corrected chi connectivity index (χ2v) is 5.25. The molecule has 0 aliphatic rings. The molecule has 1 aromatic heterocycles. The van der Waals surface area contributed by atoms with Gasteiger partial charge in [-0.15, -0.1) is 0 Å². The summed E-state index contributed by atoms with van der Waals surface area (Å²) in [5.41, 5.74) is 0.920. The molecule has 98 valence electrons. The second kappa shape index (κ2) is 6.22. The predicted molar refractivity (Wildman–Crippen MR) is 76.7 cm³/mol. The zero-order valence-corrected chi connectivity index (χ0v) is 11.9. The van der Waals surface area contributed by atoms with Gasteiger partial charge in [0, 0.05) is 17.1 Å². The van der Waals surface area contributed by atoms with Crippen LogP contribution in [0.3, 0.4) is 0 Å². The molecule has 19 heavy (non-hydrogen) atoms. The Hall–Kier alpha value is -1.32. The van der Waals surface area contributed by atoms with Gasteiger partial charge in [-0.25, -0.2) is 0 Å². The van der Waals surface area contributed by atoms with Gasteiger partial charge < -0.3 is 10.4 Å². The van der Waals surface area contributed by atoms with E-state index >= 15 is 0 Å². The largest absolute Gasteiger partial charge is 0.387 e. The van der Waals surface area contributed by atoms with E-state index in [4.69, 9.17) is 28.5 Å². The van der Waals surface area contributed by atoms with E-state index in [0.717, 1.165) is 11.5 Å². The molecular formula is C12H9Cl2N3OS. The molecule has 1 unspecified atom stereocenters. The Bertz CT molecular complexity index is 624. The molecule has 0 saturated heterocycles. The maximum atomic E-state index is 10.1. The Labute approximate surface area is 124 Å². The molecule has 2 N–H and O–H groups in total. The highest BCUT2D eigenvalue weighted by atomic mass is 35.5. The number of anilines is 1. The van der Waals surface area contributed by atoms with Gasteiger partial charge in [-0.2, -0.15) is 9.64 Å². The number of hydrogen-bond donors (Lipinski definition) is 2. The van der Waals surface area contributed by atoms with Gasteiger partial charge in [-0.05, 0) is 17.6 Å². The lowest BCUT2D eigenvalue weighted by Crippen LogP contribution is -2.12. The van der Waals surface area contributed by atoms with Gasteiger partial charge in [0.2, 0.25) is 0 Å². The normalized spacial score (nSPS) is 11.9. The molecule has 0 radical (unpaired) electrons. The fourth-order valence-corrected chi connectivity index (χ4v) is 2.74. The molecule has 2 aromatic rings. The van der Waals surface area contributed by atoms with E-state index in [1.807, 2.05) is 6.07 Å². The minimum absolute atomic E-state index is 0.169. The number of benzene rings is 1. The van der Waals surface area contributed by atoms with Crippen LogP contribution in [0, 0.1) is 11.3 Å². The molecule has 1 atom stereocenters. The van der Waals surface area contributed by atoms with Gasteiger partial charge in [0.25, 0.3) is 0 Å². The number of aliphatic hydroxyl groups excluding tert-OH is 1. The van der Waals surface area contributed by atoms with Crippen LogP contribution in [0.1, 0.15) is 17.2 Å². The van der Waals surface area contributed by atoms with Crippen molar-refractivity contribution in [1.82, 2.24) is 4.37 Å². The van der Waals surface area contributed by atoms with Crippen LogP contribution in [0.5, 0.6) is 0 Å². The van der Waals surface area contributed by atoms with Crippen LogP contribution in [0.4, 0.5) is 5.00 Å². The third kappa shape index (κ3) is 3.17. The summed E-state index contributed by atoms with van der Waals surface area (Å²) in [5, 5.41) is 23.1. The monoisotopic (exact) mass is 313 g/mol. The molecule has 1 heterocycles. The highest BCUT2D eigenvalue weighted by Crippen LogP contribution is 2.29. The van der Waals surface area contributed by atoms with Crippen molar-refractivity contribution in [3.8, 4) is 6.07 Å². The van der Waals surface area contributed by atoms with E-state index in [1.165, 1.54) is 0 Å². The van der Waals surface area contributed by atoms with Crippen LogP contribution in [0.15, 0.2) is 24.3 Å². The van der Waals surface area contributed by atoms with Crippen LogP contribution in [-0.4, -0.2) is 16.0 Å². The number of rotatable bonds is 4. The van der Waals surface area contributed by atoms with E-state index in [2.05, 4.69) is 9.69 Å². The van der Waals surface area contributed by atoms with Crippen LogP contribution >= 0.6 is 34.7 Å². The summed E-state index contributed by atoms with van der Waals surface area (Å²) < 4.78 is 3.87.